The van der Waals surface area contributed by atoms with E-state index in [1.54, 1.807) is 35.7 Å². The van der Waals surface area contributed by atoms with E-state index >= 15 is 0 Å². The standard InChI is InChI=1S/C15H16N2O4S2/c18-14(17-23(20,21)12-6-2-1-3-7-12)9-4-10-16-15(19)13-8-5-11-22-13/h1-3,5-8,11H,4,9-10H2,(H,16,19)(H,17,18). The highest BCUT2D eigenvalue weighted by atomic mass is 32.2. The first-order valence-electron chi connectivity index (χ1n) is 6.91. The Balaban J connectivity index is 1.74. The Hall–Kier alpha value is -2.19. The minimum absolute atomic E-state index is 0.0107. The number of hydrogen-bond acceptors (Lipinski definition) is 5. The van der Waals surface area contributed by atoms with Crippen LogP contribution in [-0.2, 0) is 14.8 Å². The van der Waals surface area contributed by atoms with E-state index in [9.17, 15) is 18.0 Å². The molecule has 8 heteroatoms. The fraction of sp³-hybridized carbons (Fsp3) is 0.200. The molecule has 122 valence electrons. The smallest absolute Gasteiger partial charge is 0.264 e. The van der Waals surface area contributed by atoms with Crippen LogP contribution in [0.15, 0.2) is 52.7 Å². The van der Waals surface area contributed by atoms with Crippen molar-refractivity contribution < 1.29 is 18.0 Å². The SMILES string of the molecule is O=C(CCCNC(=O)c1cccs1)NS(=O)(=O)c1ccccc1. The summed E-state index contributed by atoms with van der Waals surface area (Å²) >= 11 is 1.33. The maximum absolute atomic E-state index is 11.9. The van der Waals surface area contributed by atoms with Gasteiger partial charge in [-0.25, -0.2) is 13.1 Å². The van der Waals surface area contributed by atoms with Crippen molar-refractivity contribution in [1.82, 2.24) is 10.0 Å². The van der Waals surface area contributed by atoms with E-state index in [0.717, 1.165) is 0 Å². The summed E-state index contributed by atoms with van der Waals surface area (Å²) in [5, 5.41) is 4.48. The van der Waals surface area contributed by atoms with Gasteiger partial charge in [-0.15, -0.1) is 11.3 Å². The van der Waals surface area contributed by atoms with Crippen molar-refractivity contribution in [2.24, 2.45) is 0 Å². The lowest BCUT2D eigenvalue weighted by Crippen LogP contribution is -2.31. The highest BCUT2D eigenvalue weighted by Crippen LogP contribution is 2.08. The van der Waals surface area contributed by atoms with Gasteiger partial charge in [0.1, 0.15) is 0 Å². The lowest BCUT2D eigenvalue weighted by Gasteiger charge is -2.07. The molecule has 1 aromatic carbocycles. The van der Waals surface area contributed by atoms with Crippen LogP contribution in [0.3, 0.4) is 0 Å². The minimum atomic E-state index is -3.83. The van der Waals surface area contributed by atoms with Gasteiger partial charge in [0.15, 0.2) is 0 Å². The molecule has 2 amide bonds. The number of rotatable bonds is 7. The lowest BCUT2D eigenvalue weighted by atomic mass is 10.3. The average molecular weight is 352 g/mol. The van der Waals surface area contributed by atoms with Gasteiger partial charge in [-0.2, -0.15) is 0 Å². The van der Waals surface area contributed by atoms with Crippen LogP contribution in [-0.4, -0.2) is 26.8 Å². The third-order valence-corrected chi connectivity index (χ3v) is 5.17. The molecule has 6 nitrogen and oxygen atoms in total. The second kappa shape index (κ2) is 7.89. The Labute approximate surface area is 138 Å². The fourth-order valence-corrected chi connectivity index (χ4v) is 3.48. The maximum atomic E-state index is 11.9. The van der Waals surface area contributed by atoms with Gasteiger partial charge in [0.25, 0.3) is 15.9 Å². The normalized spacial score (nSPS) is 11.0. The zero-order valence-electron chi connectivity index (χ0n) is 12.2. The predicted octanol–water partition coefficient (Wildman–Crippen LogP) is 1.76. The lowest BCUT2D eigenvalue weighted by molar-refractivity contribution is -0.119. The van der Waals surface area contributed by atoms with Crippen molar-refractivity contribution >= 4 is 33.2 Å². The van der Waals surface area contributed by atoms with Gasteiger partial charge < -0.3 is 5.32 Å². The molecule has 23 heavy (non-hydrogen) atoms. The number of nitrogens with one attached hydrogen (secondary N) is 2. The van der Waals surface area contributed by atoms with Crippen LogP contribution in [0, 0.1) is 0 Å². The molecule has 0 atom stereocenters. The van der Waals surface area contributed by atoms with Crippen LogP contribution in [0.25, 0.3) is 0 Å². The van der Waals surface area contributed by atoms with Crippen LogP contribution in [0.1, 0.15) is 22.5 Å². The van der Waals surface area contributed by atoms with Gasteiger partial charge in [0.2, 0.25) is 5.91 Å². The summed E-state index contributed by atoms with van der Waals surface area (Å²) in [6.07, 6.45) is 0.365. The molecule has 2 N–H and O–H groups in total. The quantitative estimate of drug-likeness (QED) is 0.743. The Morgan fingerprint density at radius 2 is 1.78 bits per heavy atom. The van der Waals surface area contributed by atoms with Crippen LogP contribution in [0.2, 0.25) is 0 Å². The Kier molecular flexibility index (Phi) is 5.89. The summed E-state index contributed by atoms with van der Waals surface area (Å²) in [4.78, 5) is 24.0. The zero-order chi connectivity index (χ0) is 16.7. The molecule has 0 unspecified atom stereocenters. The zero-order valence-corrected chi connectivity index (χ0v) is 13.8. The molecular formula is C15H16N2O4S2. The Bertz CT molecular complexity index is 756. The molecule has 0 aliphatic heterocycles. The van der Waals surface area contributed by atoms with Crippen LogP contribution >= 0.6 is 11.3 Å². The summed E-state index contributed by atoms with van der Waals surface area (Å²) < 4.78 is 25.9. The number of amides is 2. The number of hydrogen-bond donors (Lipinski definition) is 2. The average Bonchev–Trinajstić information content (AvgIpc) is 3.06. The fourth-order valence-electron chi connectivity index (χ4n) is 1.81. The molecule has 0 aliphatic carbocycles. The molecule has 0 saturated carbocycles. The summed E-state index contributed by atoms with van der Waals surface area (Å²) in [5.74, 6) is -0.795. The molecule has 0 radical (unpaired) electrons. The topological polar surface area (TPSA) is 92.3 Å². The summed E-state index contributed by atoms with van der Waals surface area (Å²) in [5.41, 5.74) is 0. The molecule has 0 saturated heterocycles. The van der Waals surface area contributed by atoms with Crippen molar-refractivity contribution in [3.05, 3.63) is 52.7 Å². The van der Waals surface area contributed by atoms with E-state index in [1.165, 1.54) is 23.5 Å². The number of sulfonamides is 1. The van der Waals surface area contributed by atoms with E-state index < -0.39 is 15.9 Å². The number of benzene rings is 1. The van der Waals surface area contributed by atoms with E-state index in [4.69, 9.17) is 0 Å². The maximum Gasteiger partial charge on any atom is 0.264 e. The first-order chi connectivity index (χ1) is 11.0. The number of thiophene rings is 1. The molecule has 0 bridgehead atoms. The van der Waals surface area contributed by atoms with Crippen molar-refractivity contribution in [2.75, 3.05) is 6.54 Å². The third kappa shape index (κ3) is 5.19. The first kappa shape index (κ1) is 17.2. The summed E-state index contributed by atoms with van der Waals surface area (Å²) in [7, 11) is -3.83. The Morgan fingerprint density at radius 1 is 1.04 bits per heavy atom. The molecule has 1 heterocycles. The third-order valence-electron chi connectivity index (χ3n) is 2.91. The number of carbonyl (C=O) groups excluding carboxylic acids is 2. The van der Waals surface area contributed by atoms with Crippen LogP contribution in [0.4, 0.5) is 0 Å². The minimum Gasteiger partial charge on any atom is -0.351 e. The van der Waals surface area contributed by atoms with Crippen LogP contribution in [0.5, 0.6) is 0 Å². The van der Waals surface area contributed by atoms with Crippen molar-refractivity contribution in [3.63, 3.8) is 0 Å². The second-order valence-corrected chi connectivity index (χ2v) is 7.31. The van der Waals surface area contributed by atoms with Gasteiger partial charge in [0, 0.05) is 13.0 Å². The molecule has 0 aliphatic rings. The van der Waals surface area contributed by atoms with Crippen LogP contribution < -0.4 is 10.0 Å². The highest BCUT2D eigenvalue weighted by Gasteiger charge is 2.16. The summed E-state index contributed by atoms with van der Waals surface area (Å²) in [6.45, 7) is 0.301. The molecule has 0 spiro atoms. The largest absolute Gasteiger partial charge is 0.351 e. The molecular weight excluding hydrogens is 336 g/mol. The molecule has 2 aromatic rings. The second-order valence-electron chi connectivity index (χ2n) is 4.68. The van der Waals surface area contributed by atoms with Gasteiger partial charge in [-0.3, -0.25) is 9.59 Å². The molecule has 1 aromatic heterocycles. The summed E-state index contributed by atoms with van der Waals surface area (Å²) in [6, 6.07) is 11.2. The van der Waals surface area contributed by atoms with E-state index in [1.807, 2.05) is 4.72 Å². The van der Waals surface area contributed by atoms with Gasteiger partial charge >= 0.3 is 0 Å². The van der Waals surface area contributed by atoms with Crippen molar-refractivity contribution in [2.45, 2.75) is 17.7 Å². The molecule has 2 rings (SSSR count). The van der Waals surface area contributed by atoms with Crippen molar-refractivity contribution in [1.29, 1.82) is 0 Å². The predicted molar refractivity (Wildman–Crippen MR) is 87.7 cm³/mol. The van der Waals surface area contributed by atoms with E-state index in [0.29, 0.717) is 17.8 Å². The Morgan fingerprint density at radius 3 is 2.43 bits per heavy atom. The highest BCUT2D eigenvalue weighted by molar-refractivity contribution is 7.90. The first-order valence-corrected chi connectivity index (χ1v) is 9.28. The monoisotopic (exact) mass is 352 g/mol. The van der Waals surface area contributed by atoms with E-state index in [2.05, 4.69) is 5.32 Å². The van der Waals surface area contributed by atoms with Crippen molar-refractivity contribution in [3.8, 4) is 0 Å². The van der Waals surface area contributed by atoms with E-state index in [-0.39, 0.29) is 17.2 Å². The number of carbonyl (C=O) groups is 2. The molecule has 0 fully saturated rings. The van der Waals surface area contributed by atoms with Gasteiger partial charge in [-0.1, -0.05) is 24.3 Å². The van der Waals surface area contributed by atoms with Gasteiger partial charge in [0.05, 0.1) is 9.77 Å². The van der Waals surface area contributed by atoms with Gasteiger partial charge in [-0.05, 0) is 30.0 Å².